The summed E-state index contributed by atoms with van der Waals surface area (Å²) in [5.74, 6) is -0.120. The second kappa shape index (κ2) is 8.94. The Balaban J connectivity index is 2.04. The van der Waals surface area contributed by atoms with Gasteiger partial charge in [0.15, 0.2) is 0 Å². The molecule has 7 nitrogen and oxygen atoms in total. The van der Waals surface area contributed by atoms with E-state index < -0.39 is 10.0 Å². The first-order valence-corrected chi connectivity index (χ1v) is 9.83. The van der Waals surface area contributed by atoms with Crippen LogP contribution in [0, 0.1) is 11.3 Å². The summed E-state index contributed by atoms with van der Waals surface area (Å²) in [5.41, 5.74) is 0.452. The zero-order valence-corrected chi connectivity index (χ0v) is 15.1. The van der Waals surface area contributed by atoms with Crippen LogP contribution in [0.3, 0.4) is 0 Å². The largest absolute Gasteiger partial charge is 0.377 e. The van der Waals surface area contributed by atoms with Crippen LogP contribution in [0.15, 0.2) is 29.2 Å². The van der Waals surface area contributed by atoms with E-state index in [1.807, 2.05) is 13.0 Å². The Bertz CT molecular complexity index is 723. The van der Waals surface area contributed by atoms with Crippen molar-refractivity contribution in [3.63, 3.8) is 0 Å². The highest BCUT2D eigenvalue weighted by molar-refractivity contribution is 7.89. The number of hydrogen-bond donors (Lipinski definition) is 1. The van der Waals surface area contributed by atoms with E-state index in [-0.39, 0.29) is 29.9 Å². The number of nitriles is 1. The number of hydrogen-bond acceptors (Lipinski definition) is 5. The highest BCUT2D eigenvalue weighted by Gasteiger charge is 2.25. The van der Waals surface area contributed by atoms with Crippen molar-refractivity contribution >= 4 is 15.9 Å². The molecule has 1 heterocycles. The van der Waals surface area contributed by atoms with Crippen LogP contribution in [0.25, 0.3) is 0 Å². The van der Waals surface area contributed by atoms with E-state index in [1.54, 1.807) is 4.90 Å². The molecule has 1 aliphatic heterocycles. The highest BCUT2D eigenvalue weighted by Crippen LogP contribution is 2.17. The first kappa shape index (κ1) is 19.4. The molecular formula is C17H23N3O4S. The fourth-order valence-electron chi connectivity index (χ4n) is 2.78. The lowest BCUT2D eigenvalue weighted by atomic mass is 10.1. The van der Waals surface area contributed by atoms with Gasteiger partial charge in [0.1, 0.15) is 0 Å². The van der Waals surface area contributed by atoms with E-state index in [9.17, 15) is 13.2 Å². The fraction of sp³-hybridized carbons (Fsp3) is 0.529. The van der Waals surface area contributed by atoms with Crippen LogP contribution < -0.4 is 4.72 Å². The Morgan fingerprint density at radius 2 is 2.12 bits per heavy atom. The average Bonchev–Trinajstić information content (AvgIpc) is 2.62. The van der Waals surface area contributed by atoms with Gasteiger partial charge in [0, 0.05) is 38.2 Å². The smallest absolute Gasteiger partial charge is 0.253 e. The minimum atomic E-state index is -3.66. The van der Waals surface area contributed by atoms with Crippen LogP contribution in [-0.2, 0) is 14.8 Å². The van der Waals surface area contributed by atoms with Gasteiger partial charge in [-0.25, -0.2) is 13.1 Å². The van der Waals surface area contributed by atoms with Crippen molar-refractivity contribution in [2.24, 2.45) is 0 Å². The maximum absolute atomic E-state index is 12.6. The zero-order valence-electron chi connectivity index (χ0n) is 14.3. The van der Waals surface area contributed by atoms with Gasteiger partial charge in [0.2, 0.25) is 10.0 Å². The summed E-state index contributed by atoms with van der Waals surface area (Å²) >= 11 is 0. The minimum Gasteiger partial charge on any atom is -0.377 e. The predicted octanol–water partition coefficient (Wildman–Crippen LogP) is 1.52. The van der Waals surface area contributed by atoms with E-state index in [0.717, 1.165) is 12.8 Å². The normalized spacial score (nSPS) is 17.9. The molecular weight excluding hydrogens is 342 g/mol. The number of amides is 1. The number of carbonyl (C=O) groups excluding carboxylic acids is 1. The molecule has 1 aromatic carbocycles. The van der Waals surface area contributed by atoms with E-state index in [4.69, 9.17) is 10.00 Å². The van der Waals surface area contributed by atoms with Crippen molar-refractivity contribution in [1.82, 2.24) is 9.62 Å². The molecule has 0 spiro atoms. The molecule has 2 rings (SSSR count). The molecule has 1 amide bonds. The molecule has 1 aromatic rings. The summed E-state index contributed by atoms with van der Waals surface area (Å²) in [6.07, 6.45) is 2.01. The molecule has 0 saturated carbocycles. The molecule has 1 fully saturated rings. The van der Waals surface area contributed by atoms with Crippen LogP contribution >= 0.6 is 0 Å². The van der Waals surface area contributed by atoms with E-state index in [1.165, 1.54) is 24.3 Å². The predicted molar refractivity (Wildman–Crippen MR) is 92.4 cm³/mol. The van der Waals surface area contributed by atoms with Crippen LogP contribution in [-0.4, -0.2) is 51.6 Å². The fourth-order valence-corrected chi connectivity index (χ4v) is 3.81. The maximum Gasteiger partial charge on any atom is 0.253 e. The van der Waals surface area contributed by atoms with Crippen LogP contribution in [0.2, 0.25) is 0 Å². The van der Waals surface area contributed by atoms with Crippen molar-refractivity contribution in [2.75, 3.05) is 26.2 Å². The summed E-state index contributed by atoms with van der Waals surface area (Å²) in [7, 11) is -3.66. The number of nitrogens with zero attached hydrogens (tertiary/aromatic N) is 2. The number of nitrogens with one attached hydrogen (secondary N) is 1. The number of carbonyl (C=O) groups is 1. The summed E-state index contributed by atoms with van der Waals surface area (Å²) < 4.78 is 32.1. The molecule has 8 heteroatoms. The summed E-state index contributed by atoms with van der Waals surface area (Å²) in [5, 5.41) is 8.47. The number of sulfonamides is 1. The monoisotopic (exact) mass is 365 g/mol. The van der Waals surface area contributed by atoms with Gasteiger partial charge in [-0.1, -0.05) is 0 Å². The minimum absolute atomic E-state index is 0.0616. The topological polar surface area (TPSA) is 99.5 Å². The lowest BCUT2D eigenvalue weighted by molar-refractivity contribution is 0.00724. The van der Waals surface area contributed by atoms with E-state index >= 15 is 0 Å². The number of rotatable bonds is 7. The molecule has 0 radical (unpaired) electrons. The van der Waals surface area contributed by atoms with Gasteiger partial charge in [-0.05, 0) is 44.0 Å². The molecule has 1 aliphatic rings. The van der Waals surface area contributed by atoms with Crippen LogP contribution in [0.5, 0.6) is 0 Å². The quantitative estimate of drug-likeness (QED) is 0.739. The summed E-state index contributed by atoms with van der Waals surface area (Å²) in [6, 6.07) is 7.73. The number of piperidine rings is 1. The first-order valence-electron chi connectivity index (χ1n) is 8.35. The number of benzene rings is 1. The van der Waals surface area contributed by atoms with Gasteiger partial charge >= 0.3 is 0 Å². The SMILES string of the molecule is CCO[C@@H]1CCCN(C(=O)c2ccc(S(=O)(=O)NCCC#N)cc2)C1. The van der Waals surface area contributed by atoms with Crippen molar-refractivity contribution in [1.29, 1.82) is 5.26 Å². The molecule has 0 aliphatic carbocycles. The summed E-state index contributed by atoms with van der Waals surface area (Å²) in [4.78, 5) is 14.4. The third-order valence-corrected chi connectivity index (χ3v) is 5.49. The summed E-state index contributed by atoms with van der Waals surface area (Å²) in [6.45, 7) is 3.86. The van der Waals surface area contributed by atoms with Crippen LogP contribution in [0.4, 0.5) is 0 Å². The molecule has 1 saturated heterocycles. The average molecular weight is 365 g/mol. The van der Waals surface area contributed by atoms with Gasteiger partial charge in [-0.2, -0.15) is 5.26 Å². The van der Waals surface area contributed by atoms with Gasteiger partial charge in [0.05, 0.1) is 17.1 Å². The maximum atomic E-state index is 12.6. The first-order chi connectivity index (χ1) is 12.0. The van der Waals surface area contributed by atoms with Crippen molar-refractivity contribution in [2.45, 2.75) is 37.2 Å². The third kappa shape index (κ3) is 5.26. The standard InChI is InChI=1S/C17H23N3O4S/c1-2-24-15-5-3-12-20(13-15)17(21)14-6-8-16(9-7-14)25(22,23)19-11-4-10-18/h6-9,15,19H,2-5,11-13H2,1H3/t15-/m1/s1. The Labute approximate surface area is 148 Å². The lowest BCUT2D eigenvalue weighted by Crippen LogP contribution is -2.43. The third-order valence-electron chi connectivity index (χ3n) is 4.01. The van der Waals surface area contributed by atoms with Crippen LogP contribution in [0.1, 0.15) is 36.5 Å². The Morgan fingerprint density at radius 1 is 1.40 bits per heavy atom. The van der Waals surface area contributed by atoms with Crippen molar-refractivity contribution < 1.29 is 17.9 Å². The van der Waals surface area contributed by atoms with Gasteiger partial charge < -0.3 is 9.64 Å². The molecule has 1 atom stereocenters. The molecule has 0 unspecified atom stereocenters. The molecule has 0 aromatic heterocycles. The van der Waals surface area contributed by atoms with Crippen molar-refractivity contribution in [3.8, 4) is 6.07 Å². The van der Waals surface area contributed by atoms with Gasteiger partial charge in [0.25, 0.3) is 5.91 Å². The van der Waals surface area contributed by atoms with Crippen molar-refractivity contribution in [3.05, 3.63) is 29.8 Å². The zero-order chi connectivity index (χ0) is 18.3. The Hall–Kier alpha value is -1.95. The highest BCUT2D eigenvalue weighted by atomic mass is 32.2. The van der Waals surface area contributed by atoms with E-state index in [0.29, 0.717) is 25.3 Å². The Kier molecular flexibility index (Phi) is 6.93. The molecule has 0 bridgehead atoms. The molecule has 1 N–H and O–H groups in total. The Morgan fingerprint density at radius 3 is 2.76 bits per heavy atom. The van der Waals surface area contributed by atoms with Gasteiger partial charge in [-0.15, -0.1) is 0 Å². The second-order valence-corrected chi connectivity index (χ2v) is 7.57. The van der Waals surface area contributed by atoms with Gasteiger partial charge in [-0.3, -0.25) is 4.79 Å². The number of ether oxygens (including phenoxy) is 1. The van der Waals surface area contributed by atoms with E-state index in [2.05, 4.69) is 4.72 Å². The lowest BCUT2D eigenvalue weighted by Gasteiger charge is -2.32. The molecule has 25 heavy (non-hydrogen) atoms. The number of likely N-dealkylation sites (tertiary alicyclic amines) is 1. The molecule has 136 valence electrons. The second-order valence-electron chi connectivity index (χ2n) is 5.80.